The molecule has 0 fully saturated rings. The summed E-state index contributed by atoms with van der Waals surface area (Å²) in [4.78, 5) is 0. The summed E-state index contributed by atoms with van der Waals surface area (Å²) in [6.45, 7) is 5.76. The Morgan fingerprint density at radius 3 is 2.15 bits per heavy atom. The lowest BCUT2D eigenvalue weighted by molar-refractivity contribution is 0.498. The van der Waals surface area contributed by atoms with Gasteiger partial charge in [-0.25, -0.2) is 13.2 Å². The first kappa shape index (κ1) is 25.6. The Balaban J connectivity index is 1.56. The van der Waals surface area contributed by atoms with E-state index in [0.717, 1.165) is 36.8 Å². The van der Waals surface area contributed by atoms with Crippen molar-refractivity contribution < 1.29 is 13.2 Å². The topological polar surface area (TPSA) is 0 Å². The van der Waals surface area contributed by atoms with E-state index in [2.05, 4.69) is 25.7 Å². The fraction of sp³-hybridized carbons (Fsp3) is 0.290. The van der Waals surface area contributed by atoms with Crippen LogP contribution in [0.2, 0.25) is 0 Å². The second-order valence-corrected chi connectivity index (χ2v) is 8.64. The minimum Gasteiger partial charge on any atom is -0.207 e. The average molecular weight is 463 g/mol. The molecule has 0 aliphatic rings. The Morgan fingerprint density at radius 2 is 1.44 bits per heavy atom. The first-order chi connectivity index (χ1) is 16.5. The highest BCUT2D eigenvalue weighted by Crippen LogP contribution is 2.28. The van der Waals surface area contributed by atoms with E-state index in [0.29, 0.717) is 42.4 Å². The van der Waals surface area contributed by atoms with E-state index in [-0.39, 0.29) is 11.4 Å². The molecule has 3 heteroatoms. The van der Waals surface area contributed by atoms with E-state index >= 15 is 0 Å². The molecule has 3 rings (SSSR count). The molecule has 0 spiro atoms. The highest BCUT2D eigenvalue weighted by atomic mass is 19.2. The van der Waals surface area contributed by atoms with Crippen LogP contribution in [-0.4, -0.2) is 0 Å². The molecular weight excluding hydrogens is 429 g/mol. The summed E-state index contributed by atoms with van der Waals surface area (Å²) in [7, 11) is 0. The lowest BCUT2D eigenvalue weighted by Gasteiger charge is -2.10. The van der Waals surface area contributed by atoms with Gasteiger partial charge in [0.25, 0.3) is 0 Å². The Labute approximate surface area is 201 Å². The molecule has 0 atom stereocenters. The summed E-state index contributed by atoms with van der Waals surface area (Å²) in [6, 6.07) is 16.3. The van der Waals surface area contributed by atoms with E-state index in [1.54, 1.807) is 24.3 Å². The van der Waals surface area contributed by atoms with Gasteiger partial charge < -0.3 is 0 Å². The number of aryl methyl sites for hydroxylation is 3. The third kappa shape index (κ3) is 6.96. The fourth-order valence-electron chi connectivity index (χ4n) is 4.06. The van der Waals surface area contributed by atoms with Gasteiger partial charge in [0.15, 0.2) is 11.6 Å². The van der Waals surface area contributed by atoms with Gasteiger partial charge in [0.2, 0.25) is 0 Å². The molecule has 0 saturated carbocycles. The van der Waals surface area contributed by atoms with E-state index < -0.39 is 11.6 Å². The molecule has 0 nitrogen and oxygen atoms in total. The molecule has 0 saturated heterocycles. The van der Waals surface area contributed by atoms with Crippen molar-refractivity contribution in [3.63, 3.8) is 0 Å². The van der Waals surface area contributed by atoms with E-state index in [1.807, 2.05) is 36.4 Å². The van der Waals surface area contributed by atoms with Crippen molar-refractivity contribution in [3.05, 3.63) is 119 Å². The average Bonchev–Trinajstić information content (AvgIpc) is 2.84. The fourth-order valence-corrected chi connectivity index (χ4v) is 4.06. The monoisotopic (exact) mass is 462 g/mol. The van der Waals surface area contributed by atoms with Crippen molar-refractivity contribution in [3.8, 4) is 11.1 Å². The van der Waals surface area contributed by atoms with Crippen molar-refractivity contribution in [2.75, 3.05) is 0 Å². The van der Waals surface area contributed by atoms with Crippen LogP contribution in [-0.2, 0) is 25.7 Å². The van der Waals surface area contributed by atoms with Gasteiger partial charge in [-0.1, -0.05) is 73.7 Å². The standard InChI is InChI=1S/C31H33F3/c1-3-5-7-10-23-14-17-25(18-15-23)28-21-20-27(30(33)31(28)34)13-9-8-11-24-16-19-26(12-6-4-2)29(32)22-24/h4-5,7,14-22H,2-3,6,8-13H2,1H3/b7-5+. The van der Waals surface area contributed by atoms with Gasteiger partial charge in [0, 0.05) is 5.56 Å². The van der Waals surface area contributed by atoms with Gasteiger partial charge in [-0.2, -0.15) is 0 Å². The zero-order chi connectivity index (χ0) is 24.3. The first-order valence-electron chi connectivity index (χ1n) is 12.1. The number of benzene rings is 3. The van der Waals surface area contributed by atoms with Gasteiger partial charge in [-0.3, -0.25) is 0 Å². The van der Waals surface area contributed by atoms with Gasteiger partial charge in [-0.15, -0.1) is 6.58 Å². The van der Waals surface area contributed by atoms with Crippen molar-refractivity contribution >= 4 is 0 Å². The molecule has 0 amide bonds. The summed E-state index contributed by atoms with van der Waals surface area (Å²) in [5.74, 6) is -1.76. The summed E-state index contributed by atoms with van der Waals surface area (Å²) < 4.78 is 43.7. The first-order valence-corrected chi connectivity index (χ1v) is 12.1. The number of hydrogen-bond acceptors (Lipinski definition) is 0. The molecule has 0 aliphatic heterocycles. The zero-order valence-electron chi connectivity index (χ0n) is 19.9. The van der Waals surface area contributed by atoms with Gasteiger partial charge in [-0.05, 0) is 85.3 Å². The minimum absolute atomic E-state index is 0.187. The Hall–Kier alpha value is -3.07. The van der Waals surface area contributed by atoms with Crippen LogP contribution < -0.4 is 0 Å². The molecule has 0 aliphatic carbocycles. The molecule has 0 radical (unpaired) electrons. The van der Waals surface area contributed by atoms with Crippen LogP contribution in [0, 0.1) is 17.5 Å². The lowest BCUT2D eigenvalue weighted by Crippen LogP contribution is -1.99. The number of hydrogen-bond donors (Lipinski definition) is 0. The van der Waals surface area contributed by atoms with Gasteiger partial charge in [0.05, 0.1) is 0 Å². The predicted octanol–water partition coefficient (Wildman–Crippen LogP) is 8.96. The molecular formula is C31H33F3. The van der Waals surface area contributed by atoms with Crippen LogP contribution in [0.1, 0.15) is 54.9 Å². The molecule has 0 unspecified atom stereocenters. The highest BCUT2D eigenvalue weighted by molar-refractivity contribution is 5.65. The van der Waals surface area contributed by atoms with Crippen molar-refractivity contribution in [1.82, 2.24) is 0 Å². The van der Waals surface area contributed by atoms with Crippen LogP contribution in [0.3, 0.4) is 0 Å². The normalized spacial score (nSPS) is 11.3. The lowest BCUT2D eigenvalue weighted by atomic mass is 9.97. The van der Waals surface area contributed by atoms with E-state index in [4.69, 9.17) is 0 Å². The molecule has 3 aromatic rings. The highest BCUT2D eigenvalue weighted by Gasteiger charge is 2.14. The van der Waals surface area contributed by atoms with Crippen LogP contribution in [0.5, 0.6) is 0 Å². The van der Waals surface area contributed by atoms with Crippen molar-refractivity contribution in [1.29, 1.82) is 0 Å². The molecule has 0 aromatic heterocycles. The molecule has 3 aromatic carbocycles. The van der Waals surface area contributed by atoms with Crippen molar-refractivity contribution in [2.24, 2.45) is 0 Å². The quantitative estimate of drug-likeness (QED) is 0.186. The third-order valence-electron chi connectivity index (χ3n) is 6.08. The number of rotatable bonds is 12. The Bertz CT molecular complexity index is 1110. The number of unbranched alkanes of at least 4 members (excludes halogenated alkanes) is 1. The smallest absolute Gasteiger partial charge is 0.166 e. The second-order valence-electron chi connectivity index (χ2n) is 8.64. The maximum absolute atomic E-state index is 14.8. The maximum atomic E-state index is 14.8. The van der Waals surface area contributed by atoms with E-state index in [9.17, 15) is 13.2 Å². The van der Waals surface area contributed by atoms with E-state index in [1.165, 1.54) is 0 Å². The van der Waals surface area contributed by atoms with Crippen LogP contribution in [0.15, 0.2) is 79.4 Å². The molecule has 178 valence electrons. The second kappa shape index (κ2) is 13.0. The molecule has 0 bridgehead atoms. The zero-order valence-corrected chi connectivity index (χ0v) is 19.9. The summed E-state index contributed by atoms with van der Waals surface area (Å²) in [5.41, 5.74) is 4.10. The number of halogens is 3. The maximum Gasteiger partial charge on any atom is 0.166 e. The van der Waals surface area contributed by atoms with Crippen LogP contribution in [0.4, 0.5) is 13.2 Å². The summed E-state index contributed by atoms with van der Waals surface area (Å²) in [6.07, 6.45) is 11.9. The SMILES string of the molecule is C=CCCc1ccc(CCCCc2ccc(-c3ccc(C/C=C/CC)cc3)c(F)c2F)cc1F. The third-order valence-corrected chi connectivity index (χ3v) is 6.08. The Kier molecular flexibility index (Phi) is 9.75. The van der Waals surface area contributed by atoms with Crippen LogP contribution >= 0.6 is 0 Å². The largest absolute Gasteiger partial charge is 0.207 e. The summed E-state index contributed by atoms with van der Waals surface area (Å²) >= 11 is 0. The van der Waals surface area contributed by atoms with Crippen LogP contribution in [0.25, 0.3) is 11.1 Å². The molecule has 0 N–H and O–H groups in total. The number of allylic oxidation sites excluding steroid dienone is 3. The molecule has 0 heterocycles. The van der Waals surface area contributed by atoms with Crippen molar-refractivity contribution in [2.45, 2.75) is 58.3 Å². The molecule has 34 heavy (non-hydrogen) atoms. The van der Waals surface area contributed by atoms with Gasteiger partial charge >= 0.3 is 0 Å². The predicted molar refractivity (Wildman–Crippen MR) is 136 cm³/mol. The minimum atomic E-state index is -0.798. The summed E-state index contributed by atoms with van der Waals surface area (Å²) in [5, 5.41) is 0. The Morgan fingerprint density at radius 1 is 0.735 bits per heavy atom. The van der Waals surface area contributed by atoms with Gasteiger partial charge in [0.1, 0.15) is 5.82 Å².